The molecule has 418 valence electrons. The maximum Gasteiger partial charge on any atom is 0.306 e. The SMILES string of the molecule is CCCCC/C=C\C/C=C\C/C=C\CCCCCCC(=O)NC(COP(=O)([O-])OCC[N+](C)(C)C)C(/C=C/CCCCCCCCCCCC)OC(=O)CCCCCCCCC/C=C\C/C=C\CCCCC. The van der Waals surface area contributed by atoms with Crippen LogP contribution in [0.1, 0.15) is 258 Å². The van der Waals surface area contributed by atoms with Gasteiger partial charge in [-0.05, 0) is 102 Å². The molecule has 0 radical (unpaired) electrons. The molecule has 72 heavy (non-hydrogen) atoms. The van der Waals surface area contributed by atoms with Crippen molar-refractivity contribution in [1.82, 2.24) is 5.32 Å². The predicted octanol–water partition coefficient (Wildman–Crippen LogP) is 17.4. The molecule has 0 saturated carbocycles. The molecule has 3 atom stereocenters. The first-order valence-corrected chi connectivity index (χ1v) is 31.2. The van der Waals surface area contributed by atoms with Crippen LogP contribution in [0.3, 0.4) is 0 Å². The van der Waals surface area contributed by atoms with Crippen molar-refractivity contribution < 1.29 is 37.3 Å². The summed E-state index contributed by atoms with van der Waals surface area (Å²) in [6.45, 7) is 6.76. The Bertz CT molecular complexity index is 1460. The van der Waals surface area contributed by atoms with Gasteiger partial charge >= 0.3 is 5.97 Å². The van der Waals surface area contributed by atoms with Crippen LogP contribution in [0.25, 0.3) is 0 Å². The number of amides is 1. The first-order valence-electron chi connectivity index (χ1n) is 29.7. The number of carbonyl (C=O) groups excluding carboxylic acids is 2. The van der Waals surface area contributed by atoms with Gasteiger partial charge < -0.3 is 28.5 Å². The van der Waals surface area contributed by atoms with Crippen LogP contribution in [0.15, 0.2) is 72.9 Å². The molecule has 0 aliphatic rings. The van der Waals surface area contributed by atoms with Crippen LogP contribution in [0, 0.1) is 0 Å². The number of carbonyl (C=O) groups is 2. The number of phosphoric ester groups is 1. The van der Waals surface area contributed by atoms with Crippen molar-refractivity contribution in [2.75, 3.05) is 40.9 Å². The summed E-state index contributed by atoms with van der Waals surface area (Å²) in [6, 6.07) is -0.905. The third-order valence-corrected chi connectivity index (χ3v) is 13.8. The molecule has 1 amide bonds. The van der Waals surface area contributed by atoms with E-state index in [-0.39, 0.29) is 31.3 Å². The number of quaternary nitrogens is 1. The number of nitrogens with zero attached hydrogens (tertiary/aromatic N) is 1. The maximum absolute atomic E-state index is 13.5. The van der Waals surface area contributed by atoms with E-state index in [0.717, 1.165) is 96.3 Å². The average molecular weight is 1030 g/mol. The standard InChI is InChI=1S/C62H113N2O7P/c1-7-10-13-16-19-22-25-28-30-32-34-36-39-42-45-48-51-54-61(65)63-59(58-70-72(67,68)69-57-56-64(4,5)6)60(53-50-47-44-41-38-27-24-21-18-15-12-9-3)71-62(66)55-52-49-46-43-40-37-35-33-31-29-26-23-20-17-14-11-8-2/h19-20,22-23,28-31,34,36,50,53,59-60H,7-18,21,24-27,32-33,35,37-49,51-52,54-58H2,1-6H3,(H-,63,65,67,68)/b22-19-,23-20-,30-28-,31-29-,36-34-,53-50+. The van der Waals surface area contributed by atoms with E-state index < -0.39 is 26.6 Å². The molecule has 0 aromatic rings. The fourth-order valence-corrected chi connectivity index (χ4v) is 8.93. The minimum atomic E-state index is -4.71. The Morgan fingerprint density at radius 2 is 0.847 bits per heavy atom. The number of allylic oxidation sites excluding steroid dienone is 11. The lowest BCUT2D eigenvalue weighted by Gasteiger charge is -2.30. The summed E-state index contributed by atoms with van der Waals surface area (Å²) in [5.74, 6) is -0.575. The smallest absolute Gasteiger partial charge is 0.306 e. The lowest BCUT2D eigenvalue weighted by atomic mass is 10.0. The molecule has 0 rings (SSSR count). The van der Waals surface area contributed by atoms with Crippen LogP contribution in [0.2, 0.25) is 0 Å². The number of hydrogen-bond acceptors (Lipinski definition) is 7. The monoisotopic (exact) mass is 1030 g/mol. The summed E-state index contributed by atoms with van der Waals surface area (Å²) < 4.78 is 30.2. The Labute approximate surface area is 444 Å². The van der Waals surface area contributed by atoms with Crippen molar-refractivity contribution in [1.29, 1.82) is 0 Å². The van der Waals surface area contributed by atoms with Crippen molar-refractivity contribution in [3.63, 3.8) is 0 Å². The zero-order valence-corrected chi connectivity index (χ0v) is 48.5. The van der Waals surface area contributed by atoms with Crippen molar-refractivity contribution in [3.05, 3.63) is 72.9 Å². The van der Waals surface area contributed by atoms with Gasteiger partial charge in [-0.3, -0.25) is 14.2 Å². The zero-order chi connectivity index (χ0) is 52.9. The number of phosphoric acid groups is 1. The van der Waals surface area contributed by atoms with E-state index >= 15 is 0 Å². The molecule has 10 heteroatoms. The van der Waals surface area contributed by atoms with Crippen LogP contribution >= 0.6 is 7.82 Å². The second-order valence-electron chi connectivity index (χ2n) is 21.1. The van der Waals surface area contributed by atoms with Gasteiger partial charge in [-0.2, -0.15) is 0 Å². The third kappa shape index (κ3) is 52.3. The highest BCUT2D eigenvalue weighted by Gasteiger charge is 2.27. The van der Waals surface area contributed by atoms with E-state index in [1.807, 2.05) is 33.3 Å². The highest BCUT2D eigenvalue weighted by Crippen LogP contribution is 2.38. The van der Waals surface area contributed by atoms with Gasteiger partial charge in [0.25, 0.3) is 7.82 Å². The largest absolute Gasteiger partial charge is 0.756 e. The highest BCUT2D eigenvalue weighted by molar-refractivity contribution is 7.45. The molecule has 0 heterocycles. The van der Waals surface area contributed by atoms with Gasteiger partial charge in [-0.15, -0.1) is 0 Å². The van der Waals surface area contributed by atoms with Gasteiger partial charge in [0.2, 0.25) is 5.91 Å². The molecule has 0 aromatic heterocycles. The molecule has 0 bridgehead atoms. The first-order chi connectivity index (χ1) is 34.9. The molecule has 0 aliphatic carbocycles. The Morgan fingerprint density at radius 3 is 1.29 bits per heavy atom. The third-order valence-electron chi connectivity index (χ3n) is 12.9. The Hall–Kier alpha value is -2.55. The molecule has 3 unspecified atom stereocenters. The molecule has 0 saturated heterocycles. The second-order valence-corrected chi connectivity index (χ2v) is 22.6. The van der Waals surface area contributed by atoms with Gasteiger partial charge in [-0.1, -0.05) is 216 Å². The quantitative estimate of drug-likeness (QED) is 0.0212. The Balaban J connectivity index is 5.37. The summed E-state index contributed by atoms with van der Waals surface area (Å²) in [5, 5.41) is 3.01. The summed E-state index contributed by atoms with van der Waals surface area (Å²) in [6.07, 6.45) is 65.7. The number of unbranched alkanes of at least 4 members (excludes halogenated alkanes) is 27. The van der Waals surface area contributed by atoms with Gasteiger partial charge in [0.15, 0.2) is 0 Å². The fraction of sp³-hybridized carbons (Fsp3) is 0.774. The first kappa shape index (κ1) is 69.5. The Morgan fingerprint density at radius 1 is 0.486 bits per heavy atom. The van der Waals surface area contributed by atoms with Crippen molar-refractivity contribution >= 4 is 19.7 Å². The summed E-state index contributed by atoms with van der Waals surface area (Å²) >= 11 is 0. The number of ether oxygens (including phenoxy) is 1. The number of hydrogen-bond donors (Lipinski definition) is 1. The molecule has 9 nitrogen and oxygen atoms in total. The van der Waals surface area contributed by atoms with Gasteiger partial charge in [-0.25, -0.2) is 0 Å². The summed E-state index contributed by atoms with van der Waals surface area (Å²) in [5.41, 5.74) is 0. The predicted molar refractivity (Wildman–Crippen MR) is 307 cm³/mol. The lowest BCUT2D eigenvalue weighted by molar-refractivity contribution is -0.870. The molecule has 0 spiro atoms. The number of nitrogens with one attached hydrogen (secondary N) is 1. The van der Waals surface area contributed by atoms with E-state index in [4.69, 9.17) is 13.8 Å². The maximum atomic E-state index is 13.5. The van der Waals surface area contributed by atoms with Crippen LogP contribution in [-0.4, -0.2) is 69.4 Å². The zero-order valence-electron chi connectivity index (χ0n) is 47.6. The van der Waals surface area contributed by atoms with E-state index in [1.165, 1.54) is 122 Å². The van der Waals surface area contributed by atoms with Crippen molar-refractivity contribution in [3.8, 4) is 0 Å². The van der Waals surface area contributed by atoms with E-state index in [2.05, 4.69) is 86.8 Å². The van der Waals surface area contributed by atoms with Gasteiger partial charge in [0.1, 0.15) is 19.3 Å². The molecule has 0 fully saturated rings. The van der Waals surface area contributed by atoms with Crippen LogP contribution in [-0.2, 0) is 27.9 Å². The van der Waals surface area contributed by atoms with E-state index in [1.54, 1.807) is 0 Å². The molecule has 0 aromatic carbocycles. The Kier molecular flexibility index (Phi) is 50.1. The minimum Gasteiger partial charge on any atom is -0.756 e. The molecule has 0 aliphatic heterocycles. The second kappa shape index (κ2) is 51.9. The van der Waals surface area contributed by atoms with Crippen molar-refractivity contribution in [2.24, 2.45) is 0 Å². The molecular formula is C62H113N2O7P. The summed E-state index contributed by atoms with van der Waals surface area (Å²) in [4.78, 5) is 39.9. The van der Waals surface area contributed by atoms with Gasteiger partial charge in [0, 0.05) is 12.8 Å². The van der Waals surface area contributed by atoms with Crippen LogP contribution in [0.5, 0.6) is 0 Å². The molecule has 1 N–H and O–H groups in total. The average Bonchev–Trinajstić information content (AvgIpc) is 3.34. The van der Waals surface area contributed by atoms with Crippen LogP contribution < -0.4 is 10.2 Å². The topological polar surface area (TPSA) is 114 Å². The van der Waals surface area contributed by atoms with Crippen LogP contribution in [0.4, 0.5) is 0 Å². The summed E-state index contributed by atoms with van der Waals surface area (Å²) in [7, 11) is 1.16. The minimum absolute atomic E-state index is 0.0306. The number of esters is 1. The van der Waals surface area contributed by atoms with Gasteiger partial charge in [0.05, 0.1) is 33.8 Å². The lowest BCUT2D eigenvalue weighted by Crippen LogP contribution is -2.47. The highest BCUT2D eigenvalue weighted by atomic mass is 31.2. The number of rotatable bonds is 53. The fourth-order valence-electron chi connectivity index (χ4n) is 8.20. The van der Waals surface area contributed by atoms with Crippen molar-refractivity contribution in [2.45, 2.75) is 270 Å². The normalized spacial score (nSPS) is 14.3. The van der Waals surface area contributed by atoms with E-state index in [9.17, 15) is 19.0 Å². The number of likely N-dealkylation sites (N-methyl/N-ethyl adjacent to an activating group) is 1. The molecular weight excluding hydrogens is 916 g/mol. The van der Waals surface area contributed by atoms with E-state index in [0.29, 0.717) is 17.4 Å².